The van der Waals surface area contributed by atoms with Gasteiger partial charge in [-0.3, -0.25) is 4.79 Å². The van der Waals surface area contributed by atoms with Crippen LogP contribution in [0.2, 0.25) is 0 Å². The first kappa shape index (κ1) is 31.1. The van der Waals surface area contributed by atoms with Crippen molar-refractivity contribution in [3.05, 3.63) is 90.8 Å². The fraction of sp³-hybridized carbons (Fsp3) is 0.382. The molecule has 0 aliphatic carbocycles. The normalized spacial score (nSPS) is 13.5. The summed E-state index contributed by atoms with van der Waals surface area (Å²) in [6, 6.07) is 25.1. The number of phenols is 1. The maximum absolute atomic E-state index is 13.5. The zero-order valence-electron chi connectivity index (χ0n) is 24.6. The number of rotatable bonds is 14. The Labute approximate surface area is 249 Å². The zero-order chi connectivity index (χ0) is 29.6. The maximum Gasteiger partial charge on any atom is 0.429 e. The number of hydrazine groups is 1. The molecule has 223 valence electrons. The molecule has 3 aromatic carbocycles. The largest absolute Gasteiger partial charge is 0.508 e. The molecule has 4 rings (SSSR count). The van der Waals surface area contributed by atoms with E-state index in [4.69, 9.17) is 4.74 Å². The minimum absolute atomic E-state index is 0.0564. The molecule has 1 aliphatic heterocycles. The first-order chi connectivity index (χ1) is 20.5. The predicted octanol–water partition coefficient (Wildman–Crippen LogP) is 6.03. The van der Waals surface area contributed by atoms with E-state index in [-0.39, 0.29) is 18.3 Å². The molecule has 0 saturated carbocycles. The van der Waals surface area contributed by atoms with Crippen LogP contribution in [-0.2, 0) is 16.1 Å². The number of hydrogen-bond acceptors (Lipinski definition) is 6. The van der Waals surface area contributed by atoms with Gasteiger partial charge in [0.15, 0.2) is 0 Å². The highest BCUT2D eigenvalue weighted by molar-refractivity contribution is 5.93. The number of anilines is 1. The third kappa shape index (κ3) is 9.33. The predicted molar refractivity (Wildman–Crippen MR) is 167 cm³/mol. The van der Waals surface area contributed by atoms with Gasteiger partial charge in [0, 0.05) is 38.7 Å². The molecule has 1 aliphatic rings. The lowest BCUT2D eigenvalue weighted by Gasteiger charge is -2.37. The molecule has 0 aromatic heterocycles. The van der Waals surface area contributed by atoms with Gasteiger partial charge < -0.3 is 20.1 Å². The number of hydrogen-bond donors (Lipinski definition) is 2. The number of phenolic OH excluding ortho intramolecular Hbond substituents is 1. The van der Waals surface area contributed by atoms with Crippen LogP contribution in [0.15, 0.2) is 78.9 Å². The molecule has 0 atom stereocenters. The number of carbonyl (C=O) groups excluding carboxylic acids is 2. The van der Waals surface area contributed by atoms with Crippen molar-refractivity contribution in [2.75, 3.05) is 44.8 Å². The van der Waals surface area contributed by atoms with E-state index in [0.29, 0.717) is 13.0 Å². The van der Waals surface area contributed by atoms with Crippen molar-refractivity contribution < 1.29 is 19.4 Å². The van der Waals surface area contributed by atoms with Crippen LogP contribution in [0.1, 0.15) is 44.1 Å². The lowest BCUT2D eigenvalue weighted by molar-refractivity contribution is -0.130. The highest BCUT2D eigenvalue weighted by Gasteiger charge is 2.28. The molecule has 2 N–H and O–H groups in total. The minimum Gasteiger partial charge on any atom is -0.508 e. The summed E-state index contributed by atoms with van der Waals surface area (Å²) in [6.07, 6.45) is 6.87. The van der Waals surface area contributed by atoms with E-state index >= 15 is 0 Å². The van der Waals surface area contributed by atoms with Gasteiger partial charge in [-0.05, 0) is 68.0 Å². The van der Waals surface area contributed by atoms with Crippen molar-refractivity contribution in [2.45, 2.75) is 45.1 Å². The van der Waals surface area contributed by atoms with Crippen molar-refractivity contribution in [1.29, 1.82) is 0 Å². The molecule has 2 amide bonds. The van der Waals surface area contributed by atoms with Gasteiger partial charge in [-0.25, -0.2) is 14.8 Å². The average molecular weight is 572 g/mol. The third-order valence-corrected chi connectivity index (χ3v) is 7.44. The van der Waals surface area contributed by atoms with Crippen molar-refractivity contribution >= 4 is 17.7 Å². The Hall–Kier alpha value is -3.88. The lowest BCUT2D eigenvalue weighted by Crippen LogP contribution is -2.50. The second-order valence-electron chi connectivity index (χ2n) is 10.6. The Morgan fingerprint density at radius 2 is 1.62 bits per heavy atom. The molecule has 1 saturated heterocycles. The molecule has 0 unspecified atom stereocenters. The number of carbonyl (C=O) groups is 2. The SMILES string of the molecule is CN(CCOC(=O)N(c1ccccc1-c1ccccc1)N1CC[CH]CC1)C(=O)CCCCCNCc1ccc(O)cc1. The van der Waals surface area contributed by atoms with Crippen molar-refractivity contribution in [3.63, 3.8) is 0 Å². The fourth-order valence-electron chi connectivity index (χ4n) is 5.02. The Bertz CT molecular complexity index is 1250. The van der Waals surface area contributed by atoms with E-state index in [9.17, 15) is 14.7 Å². The van der Waals surface area contributed by atoms with E-state index in [1.54, 1.807) is 29.1 Å². The van der Waals surface area contributed by atoms with Crippen LogP contribution in [0.5, 0.6) is 5.75 Å². The summed E-state index contributed by atoms with van der Waals surface area (Å²) in [4.78, 5) is 27.8. The molecule has 0 spiro atoms. The number of likely N-dealkylation sites (N-methyl/N-ethyl adjacent to an activating group) is 1. The molecule has 8 heteroatoms. The number of para-hydroxylation sites is 1. The average Bonchev–Trinajstić information content (AvgIpc) is 3.02. The number of nitrogens with one attached hydrogen (secondary N) is 1. The summed E-state index contributed by atoms with van der Waals surface area (Å²) in [5, 5.41) is 16.5. The quantitative estimate of drug-likeness (QED) is 0.230. The molecule has 1 heterocycles. The Morgan fingerprint density at radius 1 is 0.905 bits per heavy atom. The number of ether oxygens (including phenoxy) is 1. The second kappa shape index (κ2) is 16.5. The molecule has 1 fully saturated rings. The van der Waals surface area contributed by atoms with Gasteiger partial charge in [0.1, 0.15) is 12.4 Å². The number of unbranched alkanes of at least 4 members (excludes halogenated alkanes) is 2. The first-order valence-corrected chi connectivity index (χ1v) is 14.9. The molecular formula is C34H43N4O4. The second-order valence-corrected chi connectivity index (χ2v) is 10.6. The minimum atomic E-state index is -0.430. The summed E-state index contributed by atoms with van der Waals surface area (Å²) in [5.41, 5.74) is 3.92. The van der Waals surface area contributed by atoms with Crippen LogP contribution >= 0.6 is 0 Å². The van der Waals surface area contributed by atoms with Gasteiger partial charge >= 0.3 is 6.09 Å². The highest BCUT2D eigenvalue weighted by atomic mass is 16.6. The van der Waals surface area contributed by atoms with Crippen LogP contribution in [0, 0.1) is 6.42 Å². The standard InChI is InChI=1S/C34H43N4O4/c1-36(33(40)17-7-3-10-22-35-27-28-18-20-30(39)21-19-28)25-26-42-34(41)38(37-23-11-4-12-24-37)32-16-9-8-15-31(32)29-13-5-2-6-14-29/h2,4-6,8-9,13-16,18-21,35,39H,3,7,10-12,17,22-27H2,1H3. The summed E-state index contributed by atoms with van der Waals surface area (Å²) in [5.74, 6) is 0.329. The molecule has 3 aromatic rings. The summed E-state index contributed by atoms with van der Waals surface area (Å²) < 4.78 is 5.76. The van der Waals surface area contributed by atoms with Crippen LogP contribution in [0.4, 0.5) is 10.5 Å². The highest BCUT2D eigenvalue weighted by Crippen LogP contribution is 2.33. The van der Waals surface area contributed by atoms with Crippen molar-refractivity contribution in [1.82, 2.24) is 15.2 Å². The number of piperidine rings is 1. The molecular weight excluding hydrogens is 528 g/mol. The van der Waals surface area contributed by atoms with Gasteiger partial charge in [-0.2, -0.15) is 0 Å². The van der Waals surface area contributed by atoms with Gasteiger partial charge in [0.2, 0.25) is 5.91 Å². The van der Waals surface area contributed by atoms with E-state index in [1.165, 1.54) is 0 Å². The number of amides is 2. The van der Waals surface area contributed by atoms with E-state index < -0.39 is 6.09 Å². The molecule has 1 radical (unpaired) electrons. The lowest BCUT2D eigenvalue weighted by atomic mass is 10.0. The van der Waals surface area contributed by atoms with Crippen LogP contribution in [0.25, 0.3) is 11.1 Å². The summed E-state index contributed by atoms with van der Waals surface area (Å²) >= 11 is 0. The fourth-order valence-corrected chi connectivity index (χ4v) is 5.02. The summed E-state index contributed by atoms with van der Waals surface area (Å²) in [7, 11) is 1.76. The zero-order valence-corrected chi connectivity index (χ0v) is 24.6. The van der Waals surface area contributed by atoms with Crippen LogP contribution in [-0.4, -0.2) is 66.8 Å². The van der Waals surface area contributed by atoms with E-state index in [1.807, 2.05) is 66.7 Å². The van der Waals surface area contributed by atoms with E-state index in [2.05, 4.69) is 16.7 Å². The molecule has 42 heavy (non-hydrogen) atoms. The van der Waals surface area contributed by atoms with Crippen LogP contribution < -0.4 is 10.3 Å². The Kier molecular flexibility index (Phi) is 12.2. The number of aromatic hydroxyl groups is 1. The summed E-state index contributed by atoms with van der Waals surface area (Å²) in [6.45, 7) is 3.59. The molecule has 0 bridgehead atoms. The topological polar surface area (TPSA) is 85.4 Å². The van der Waals surface area contributed by atoms with E-state index in [0.717, 1.165) is 80.7 Å². The van der Waals surface area contributed by atoms with Gasteiger partial charge in [0.05, 0.1) is 12.2 Å². The Morgan fingerprint density at radius 3 is 2.38 bits per heavy atom. The number of nitrogens with zero attached hydrogens (tertiary/aromatic N) is 3. The molecule has 8 nitrogen and oxygen atoms in total. The monoisotopic (exact) mass is 571 g/mol. The van der Waals surface area contributed by atoms with Gasteiger partial charge in [0.25, 0.3) is 0 Å². The van der Waals surface area contributed by atoms with Gasteiger partial charge in [-0.15, -0.1) is 0 Å². The van der Waals surface area contributed by atoms with Crippen molar-refractivity contribution in [2.24, 2.45) is 0 Å². The number of benzene rings is 3. The van der Waals surface area contributed by atoms with Crippen molar-refractivity contribution in [3.8, 4) is 16.9 Å². The third-order valence-electron chi connectivity index (χ3n) is 7.44. The maximum atomic E-state index is 13.5. The van der Waals surface area contributed by atoms with Crippen LogP contribution in [0.3, 0.4) is 0 Å². The smallest absolute Gasteiger partial charge is 0.429 e. The van der Waals surface area contributed by atoms with Gasteiger partial charge in [-0.1, -0.05) is 67.1 Å². The first-order valence-electron chi connectivity index (χ1n) is 14.9. The Balaban J connectivity index is 1.22.